The first kappa shape index (κ1) is 26.3. The van der Waals surface area contributed by atoms with Gasteiger partial charge in [-0.1, -0.05) is 22.9 Å². The molecule has 0 unspecified atom stereocenters. The Bertz CT molecular complexity index is 1270. The van der Waals surface area contributed by atoms with Crippen LogP contribution < -0.4 is 15.4 Å². The van der Waals surface area contributed by atoms with Gasteiger partial charge in [-0.15, -0.1) is 0 Å². The van der Waals surface area contributed by atoms with E-state index >= 15 is 0 Å². The number of carbonyl (C=O) groups is 1. The molecular formula is C22H19ClF6N4O2S. The molecule has 1 aliphatic carbocycles. The Labute approximate surface area is 210 Å². The van der Waals surface area contributed by atoms with E-state index < -0.39 is 40.6 Å². The molecule has 0 aliphatic heterocycles. The molecule has 6 nitrogen and oxygen atoms in total. The lowest BCUT2D eigenvalue weighted by molar-refractivity contribution is -0.141. The van der Waals surface area contributed by atoms with E-state index in [1.165, 1.54) is 18.2 Å². The summed E-state index contributed by atoms with van der Waals surface area (Å²) in [6.45, 7) is 0. The van der Waals surface area contributed by atoms with Crippen molar-refractivity contribution in [2.45, 2.75) is 50.1 Å². The number of fused-ring (bicyclic) bond motifs is 1. The van der Waals surface area contributed by atoms with Crippen LogP contribution in [0.15, 0.2) is 24.3 Å². The fourth-order valence-corrected chi connectivity index (χ4v) is 5.03. The van der Waals surface area contributed by atoms with E-state index in [9.17, 15) is 31.1 Å². The number of carbonyl (C=O) groups excluding carboxylic acids is 1. The van der Waals surface area contributed by atoms with Crippen molar-refractivity contribution in [1.82, 2.24) is 15.3 Å². The number of nitrogens with zero attached hydrogens (tertiary/aromatic N) is 2. The maximum Gasteiger partial charge on any atom is 0.435 e. The molecule has 0 spiro atoms. The largest absolute Gasteiger partial charge is 0.473 e. The van der Waals surface area contributed by atoms with Gasteiger partial charge in [0.2, 0.25) is 0 Å². The second kappa shape index (κ2) is 9.92. The number of anilines is 1. The van der Waals surface area contributed by atoms with E-state index in [0.717, 1.165) is 13.2 Å². The zero-order chi connectivity index (χ0) is 26.3. The summed E-state index contributed by atoms with van der Waals surface area (Å²) in [4.78, 5) is 19.0. The van der Waals surface area contributed by atoms with Crippen LogP contribution in [0, 0.1) is 0 Å². The van der Waals surface area contributed by atoms with Crippen molar-refractivity contribution in [2.75, 3.05) is 12.4 Å². The molecule has 0 atom stereocenters. The van der Waals surface area contributed by atoms with Gasteiger partial charge in [-0.2, -0.15) is 31.3 Å². The molecule has 1 fully saturated rings. The van der Waals surface area contributed by atoms with Gasteiger partial charge < -0.3 is 15.4 Å². The fourth-order valence-electron chi connectivity index (χ4n) is 4.05. The monoisotopic (exact) mass is 552 g/mol. The molecule has 2 aromatic heterocycles. The summed E-state index contributed by atoms with van der Waals surface area (Å²) < 4.78 is 84.6. The number of rotatable bonds is 5. The zero-order valence-electron chi connectivity index (χ0n) is 18.6. The van der Waals surface area contributed by atoms with Crippen LogP contribution in [0.1, 0.15) is 46.7 Å². The number of aromatic nitrogens is 2. The molecule has 1 saturated carbocycles. The van der Waals surface area contributed by atoms with Gasteiger partial charge in [0.05, 0.1) is 12.6 Å². The normalized spacial score (nSPS) is 18.8. The summed E-state index contributed by atoms with van der Waals surface area (Å²) >= 11 is 6.54. The van der Waals surface area contributed by atoms with Gasteiger partial charge in [0.25, 0.3) is 11.1 Å². The topological polar surface area (TPSA) is 76.1 Å². The molecule has 0 radical (unpaired) electrons. The number of hydrogen-bond acceptors (Lipinski definition) is 6. The summed E-state index contributed by atoms with van der Waals surface area (Å²) in [6.07, 6.45) is -7.69. The minimum absolute atomic E-state index is 0.137. The predicted molar refractivity (Wildman–Crippen MR) is 123 cm³/mol. The van der Waals surface area contributed by atoms with Gasteiger partial charge in [-0.3, -0.25) is 4.79 Å². The molecule has 36 heavy (non-hydrogen) atoms. The van der Waals surface area contributed by atoms with Crippen molar-refractivity contribution in [1.29, 1.82) is 0 Å². The number of pyridine rings is 1. The third-order valence-corrected chi connectivity index (χ3v) is 6.99. The quantitative estimate of drug-likeness (QED) is 0.351. The van der Waals surface area contributed by atoms with Crippen LogP contribution >= 0.6 is 22.9 Å². The number of halogens is 7. The number of alkyl halides is 6. The van der Waals surface area contributed by atoms with E-state index in [-0.39, 0.29) is 22.4 Å². The van der Waals surface area contributed by atoms with E-state index in [0.29, 0.717) is 47.4 Å². The second-order valence-corrected chi connectivity index (χ2v) is 9.64. The van der Waals surface area contributed by atoms with Gasteiger partial charge in [0, 0.05) is 28.2 Å². The highest BCUT2D eigenvalue weighted by molar-refractivity contribution is 7.15. The molecule has 2 N–H and O–H groups in total. The molecule has 1 aliphatic rings. The van der Waals surface area contributed by atoms with Gasteiger partial charge in [0.1, 0.15) is 10.6 Å². The molecule has 3 aromatic rings. The summed E-state index contributed by atoms with van der Waals surface area (Å²) in [5, 5.41) is 6.24. The van der Waals surface area contributed by atoms with Crippen molar-refractivity contribution in [3.63, 3.8) is 0 Å². The zero-order valence-corrected chi connectivity index (χ0v) is 20.1. The number of nitrogens with one attached hydrogen (secondary N) is 2. The molecule has 0 bridgehead atoms. The molecular weight excluding hydrogens is 534 g/mol. The molecule has 2 heterocycles. The highest BCUT2D eigenvalue weighted by atomic mass is 35.5. The SMILES string of the molecule is COc1nc(C(F)(F)F)c(C(=O)NC2CCC(Nc3cc(C(F)(F)F)nc4ccc(Cl)cc34)CC2)s1. The summed E-state index contributed by atoms with van der Waals surface area (Å²) in [7, 11) is 1.16. The van der Waals surface area contributed by atoms with Crippen molar-refractivity contribution < 1.29 is 35.9 Å². The molecule has 194 valence electrons. The maximum atomic E-state index is 13.4. The minimum atomic E-state index is -4.81. The number of methoxy groups -OCH3 is 1. The van der Waals surface area contributed by atoms with Gasteiger partial charge in [-0.05, 0) is 49.9 Å². The van der Waals surface area contributed by atoms with Crippen LogP contribution in [0.5, 0.6) is 5.19 Å². The van der Waals surface area contributed by atoms with Crippen LogP contribution in [-0.4, -0.2) is 35.1 Å². The average molecular weight is 553 g/mol. The number of thiazole rings is 1. The van der Waals surface area contributed by atoms with Crippen LogP contribution in [-0.2, 0) is 12.4 Å². The average Bonchev–Trinajstić information content (AvgIpc) is 3.25. The highest BCUT2D eigenvalue weighted by Crippen LogP contribution is 2.38. The minimum Gasteiger partial charge on any atom is -0.473 e. The third kappa shape index (κ3) is 5.77. The Morgan fingerprint density at radius 2 is 1.69 bits per heavy atom. The van der Waals surface area contributed by atoms with E-state index in [4.69, 9.17) is 16.3 Å². The standard InChI is InChI=1S/C22H19ClF6N4O2S/c1-35-20-33-18(22(27,28)29)17(36-20)19(34)31-12-5-3-11(4-6-12)30-15-9-16(21(24,25)26)32-14-7-2-10(23)8-13(14)15/h2,7-9,11-12H,3-6H2,1H3,(H,30,32)(H,31,34). The second-order valence-electron chi connectivity index (χ2n) is 8.24. The van der Waals surface area contributed by atoms with E-state index in [1.54, 1.807) is 0 Å². The molecule has 4 rings (SSSR count). The van der Waals surface area contributed by atoms with Crippen LogP contribution in [0.3, 0.4) is 0 Å². The molecule has 1 amide bonds. The van der Waals surface area contributed by atoms with Gasteiger partial charge in [0.15, 0.2) is 5.69 Å². The Kier molecular flexibility index (Phi) is 7.24. The lowest BCUT2D eigenvalue weighted by atomic mass is 9.90. The Morgan fingerprint density at radius 3 is 2.31 bits per heavy atom. The molecule has 14 heteroatoms. The predicted octanol–water partition coefficient (Wildman–Crippen LogP) is 6.54. The number of amides is 1. The summed E-state index contributed by atoms with van der Waals surface area (Å²) in [5.74, 6) is -0.899. The summed E-state index contributed by atoms with van der Waals surface area (Å²) in [6, 6.07) is 4.70. The lowest BCUT2D eigenvalue weighted by Crippen LogP contribution is -2.40. The smallest absolute Gasteiger partial charge is 0.435 e. The number of hydrogen-bond donors (Lipinski definition) is 2. The maximum absolute atomic E-state index is 13.4. The first-order valence-electron chi connectivity index (χ1n) is 10.7. The first-order valence-corrected chi connectivity index (χ1v) is 11.9. The van der Waals surface area contributed by atoms with Gasteiger partial charge >= 0.3 is 12.4 Å². The van der Waals surface area contributed by atoms with Gasteiger partial charge in [-0.25, -0.2) is 4.98 Å². The Hall–Kier alpha value is -2.80. The van der Waals surface area contributed by atoms with Crippen molar-refractivity contribution in [3.05, 3.63) is 45.6 Å². The van der Waals surface area contributed by atoms with Crippen LogP contribution in [0.25, 0.3) is 10.9 Å². The van der Waals surface area contributed by atoms with Crippen LogP contribution in [0.2, 0.25) is 5.02 Å². The van der Waals surface area contributed by atoms with Crippen LogP contribution in [0.4, 0.5) is 32.0 Å². The highest BCUT2D eigenvalue weighted by Gasteiger charge is 2.40. The number of benzene rings is 1. The lowest BCUT2D eigenvalue weighted by Gasteiger charge is -2.30. The molecule has 0 saturated heterocycles. The summed E-state index contributed by atoms with van der Waals surface area (Å²) in [5.41, 5.74) is -1.98. The Morgan fingerprint density at radius 1 is 1.03 bits per heavy atom. The van der Waals surface area contributed by atoms with E-state index in [1.807, 2.05) is 0 Å². The Balaban J connectivity index is 1.45. The molecule has 1 aromatic carbocycles. The van der Waals surface area contributed by atoms with Crippen molar-refractivity contribution >= 4 is 45.4 Å². The van der Waals surface area contributed by atoms with Crippen molar-refractivity contribution in [3.8, 4) is 5.19 Å². The first-order chi connectivity index (χ1) is 16.8. The fraction of sp³-hybridized carbons (Fsp3) is 0.409. The van der Waals surface area contributed by atoms with E-state index in [2.05, 4.69) is 20.6 Å². The number of ether oxygens (including phenoxy) is 1. The third-order valence-electron chi connectivity index (χ3n) is 5.74. The van der Waals surface area contributed by atoms with Crippen molar-refractivity contribution in [2.24, 2.45) is 0 Å².